The summed E-state index contributed by atoms with van der Waals surface area (Å²) in [7, 11) is -1.82. The topological polar surface area (TPSA) is 41.8 Å². The Morgan fingerprint density at radius 2 is 1.86 bits per heavy atom. The van der Waals surface area contributed by atoms with Gasteiger partial charge in [-0.15, -0.1) is 0 Å². The Bertz CT molecular complexity index is 223. The van der Waals surface area contributed by atoms with Crippen molar-refractivity contribution in [2.75, 3.05) is 0 Å². The van der Waals surface area contributed by atoms with E-state index in [0.29, 0.717) is 0 Å². The summed E-state index contributed by atoms with van der Waals surface area (Å²) < 4.78 is 5.87. The molecule has 0 aliphatic carbocycles. The van der Waals surface area contributed by atoms with Gasteiger partial charge in [-0.05, 0) is 25.1 Å². The second-order valence-corrected chi connectivity index (χ2v) is 10.1. The van der Waals surface area contributed by atoms with Gasteiger partial charge in [-0.2, -0.15) is 0 Å². The highest BCUT2D eigenvalue weighted by atomic mass is 35.5. The molecule has 0 amide bonds. The van der Waals surface area contributed by atoms with E-state index < -0.39 is 8.32 Å². The van der Waals surface area contributed by atoms with Crippen LogP contribution < -0.4 is 0 Å². The zero-order valence-electron chi connectivity index (χ0n) is 9.76. The van der Waals surface area contributed by atoms with Crippen LogP contribution in [0.3, 0.4) is 0 Å². The second kappa shape index (κ2) is 4.64. The minimum atomic E-state index is -1.82. The van der Waals surface area contributed by atoms with E-state index in [9.17, 15) is 0 Å². The average molecular weight is 238 g/mol. The SMILES string of the molecule is C[C@H](O[Si](C)(C)C(C)(C)C)/C(Cl)=N/O. The van der Waals surface area contributed by atoms with Crippen molar-refractivity contribution >= 4 is 25.1 Å². The molecule has 0 aliphatic rings. The van der Waals surface area contributed by atoms with Gasteiger partial charge in [-0.3, -0.25) is 0 Å². The lowest BCUT2D eigenvalue weighted by Crippen LogP contribution is -2.44. The summed E-state index contributed by atoms with van der Waals surface area (Å²) in [5.41, 5.74) is 0. The highest BCUT2D eigenvalue weighted by molar-refractivity contribution is 6.75. The molecule has 0 saturated heterocycles. The van der Waals surface area contributed by atoms with E-state index in [1.165, 1.54) is 0 Å². The fourth-order valence-corrected chi connectivity index (χ4v) is 2.22. The van der Waals surface area contributed by atoms with Gasteiger partial charge < -0.3 is 9.63 Å². The summed E-state index contributed by atoms with van der Waals surface area (Å²) in [6.07, 6.45) is -0.331. The molecule has 0 radical (unpaired) electrons. The van der Waals surface area contributed by atoms with Crippen LogP contribution in [-0.4, -0.2) is 24.8 Å². The fourth-order valence-electron chi connectivity index (χ4n) is 0.749. The second-order valence-electron chi connectivity index (χ2n) is 4.94. The van der Waals surface area contributed by atoms with E-state index >= 15 is 0 Å². The minimum Gasteiger partial charge on any atom is -0.410 e. The molecule has 1 atom stereocenters. The highest BCUT2D eigenvalue weighted by Gasteiger charge is 2.39. The Balaban J connectivity index is 4.53. The van der Waals surface area contributed by atoms with E-state index in [-0.39, 0.29) is 16.3 Å². The molecule has 0 heterocycles. The number of hydrogen-bond donors (Lipinski definition) is 1. The summed E-state index contributed by atoms with van der Waals surface area (Å²) in [5.74, 6) is 0. The van der Waals surface area contributed by atoms with Crippen LogP contribution >= 0.6 is 11.6 Å². The Morgan fingerprint density at radius 1 is 1.43 bits per heavy atom. The third kappa shape index (κ3) is 3.59. The first-order valence-electron chi connectivity index (χ1n) is 4.67. The Hall–Kier alpha value is -0.0631. The first-order chi connectivity index (χ1) is 6.12. The first-order valence-corrected chi connectivity index (χ1v) is 7.95. The van der Waals surface area contributed by atoms with Gasteiger partial charge in [-0.1, -0.05) is 37.5 Å². The molecule has 84 valence electrons. The molecule has 5 heteroatoms. The standard InChI is InChI=1S/C9H20ClNO2Si/c1-7(8(10)11-12)13-14(5,6)9(2,3)4/h7,12H,1-6H3/b11-8-/t7-/m0/s1. The van der Waals surface area contributed by atoms with Crippen LogP contribution in [-0.2, 0) is 4.43 Å². The number of rotatable bonds is 3. The third-order valence-electron chi connectivity index (χ3n) is 2.71. The molecular formula is C9H20ClNO2Si. The van der Waals surface area contributed by atoms with Crippen LogP contribution in [0.4, 0.5) is 0 Å². The monoisotopic (exact) mass is 237 g/mol. The zero-order chi connectivity index (χ0) is 11.6. The fraction of sp³-hybridized carbons (Fsp3) is 0.889. The Kier molecular flexibility index (Phi) is 4.62. The maximum absolute atomic E-state index is 8.50. The van der Waals surface area contributed by atoms with Gasteiger partial charge in [0.05, 0.1) is 6.10 Å². The van der Waals surface area contributed by atoms with E-state index in [2.05, 4.69) is 39.0 Å². The summed E-state index contributed by atoms with van der Waals surface area (Å²) >= 11 is 5.67. The molecule has 1 N–H and O–H groups in total. The minimum absolute atomic E-state index is 0.106. The van der Waals surface area contributed by atoms with Gasteiger partial charge in [0.25, 0.3) is 0 Å². The maximum atomic E-state index is 8.50. The smallest absolute Gasteiger partial charge is 0.193 e. The van der Waals surface area contributed by atoms with Crippen molar-refractivity contribution in [1.82, 2.24) is 0 Å². The van der Waals surface area contributed by atoms with Gasteiger partial charge in [0.2, 0.25) is 0 Å². The van der Waals surface area contributed by atoms with Crippen LogP contribution in [0, 0.1) is 0 Å². The summed E-state index contributed by atoms with van der Waals surface area (Å²) in [4.78, 5) is 0. The number of hydrogen-bond acceptors (Lipinski definition) is 3. The van der Waals surface area contributed by atoms with E-state index in [1.807, 2.05) is 0 Å². The lowest BCUT2D eigenvalue weighted by atomic mass is 10.2. The molecule has 0 bridgehead atoms. The Labute approximate surface area is 92.2 Å². The molecular weight excluding hydrogens is 218 g/mol. The van der Waals surface area contributed by atoms with Gasteiger partial charge in [0.15, 0.2) is 13.5 Å². The van der Waals surface area contributed by atoms with Crippen LogP contribution in [0.25, 0.3) is 0 Å². The molecule has 0 spiro atoms. The lowest BCUT2D eigenvalue weighted by Gasteiger charge is -2.37. The van der Waals surface area contributed by atoms with Crippen molar-refractivity contribution in [3.8, 4) is 0 Å². The van der Waals surface area contributed by atoms with Crippen molar-refractivity contribution < 1.29 is 9.63 Å². The van der Waals surface area contributed by atoms with Crippen LogP contribution in [0.2, 0.25) is 18.1 Å². The quantitative estimate of drug-likeness (QED) is 0.354. The highest BCUT2D eigenvalue weighted by Crippen LogP contribution is 2.37. The molecule has 0 saturated carbocycles. The van der Waals surface area contributed by atoms with Crippen LogP contribution in [0.15, 0.2) is 5.16 Å². The van der Waals surface area contributed by atoms with E-state index in [4.69, 9.17) is 21.2 Å². The molecule has 0 unspecified atom stereocenters. The summed E-state index contributed by atoms with van der Waals surface area (Å²) in [6.45, 7) is 12.5. The predicted octanol–water partition coefficient (Wildman–Crippen LogP) is 3.42. The third-order valence-corrected chi connectivity index (χ3v) is 7.65. The molecule has 0 fully saturated rings. The summed E-state index contributed by atoms with van der Waals surface area (Å²) in [6, 6.07) is 0. The molecule has 0 rings (SSSR count). The first kappa shape index (κ1) is 13.9. The van der Waals surface area contributed by atoms with Crippen molar-refractivity contribution in [1.29, 1.82) is 0 Å². The molecule has 14 heavy (non-hydrogen) atoms. The average Bonchev–Trinajstić information content (AvgIpc) is 2.00. The Morgan fingerprint density at radius 3 is 2.14 bits per heavy atom. The van der Waals surface area contributed by atoms with Gasteiger partial charge in [0.1, 0.15) is 0 Å². The van der Waals surface area contributed by atoms with Crippen molar-refractivity contribution in [3.05, 3.63) is 0 Å². The predicted molar refractivity (Wildman–Crippen MR) is 62.8 cm³/mol. The number of nitrogens with zero attached hydrogens (tertiary/aromatic N) is 1. The van der Waals surface area contributed by atoms with Crippen LogP contribution in [0.5, 0.6) is 0 Å². The zero-order valence-corrected chi connectivity index (χ0v) is 11.5. The number of oxime groups is 1. The van der Waals surface area contributed by atoms with Gasteiger partial charge in [0, 0.05) is 0 Å². The van der Waals surface area contributed by atoms with Crippen molar-refractivity contribution in [3.63, 3.8) is 0 Å². The van der Waals surface area contributed by atoms with Gasteiger partial charge in [-0.25, -0.2) is 0 Å². The van der Waals surface area contributed by atoms with Crippen molar-refractivity contribution in [2.24, 2.45) is 5.16 Å². The summed E-state index contributed by atoms with van der Waals surface area (Å²) in [5, 5.41) is 11.7. The van der Waals surface area contributed by atoms with Crippen LogP contribution in [0.1, 0.15) is 27.7 Å². The normalized spacial score (nSPS) is 16.9. The van der Waals surface area contributed by atoms with Gasteiger partial charge >= 0.3 is 0 Å². The van der Waals surface area contributed by atoms with Crippen molar-refractivity contribution in [2.45, 2.75) is 51.9 Å². The number of halogens is 1. The molecule has 0 aromatic rings. The van der Waals surface area contributed by atoms with E-state index in [0.717, 1.165) is 0 Å². The lowest BCUT2D eigenvalue weighted by molar-refractivity contribution is 0.250. The molecule has 0 aliphatic heterocycles. The largest absolute Gasteiger partial charge is 0.410 e. The maximum Gasteiger partial charge on any atom is 0.193 e. The molecule has 0 aromatic heterocycles. The molecule has 0 aromatic carbocycles. The van der Waals surface area contributed by atoms with E-state index in [1.54, 1.807) is 6.92 Å². The molecule has 3 nitrogen and oxygen atoms in total.